The molecule has 1 aromatic rings. The number of alkyl carbamates (subject to hydrolysis) is 1. The summed E-state index contributed by atoms with van der Waals surface area (Å²) in [4.78, 5) is 47.6. The van der Waals surface area contributed by atoms with Gasteiger partial charge in [-0.25, -0.2) is 9.59 Å². The van der Waals surface area contributed by atoms with Crippen molar-refractivity contribution >= 4 is 35.6 Å². The molecule has 0 radical (unpaired) electrons. The van der Waals surface area contributed by atoms with Crippen LogP contribution >= 0.6 is 0 Å². The number of nitrogens with two attached hydrogens (primary N) is 1. The Bertz CT molecular complexity index is 917. The van der Waals surface area contributed by atoms with Gasteiger partial charge in [-0.1, -0.05) is 30.4 Å². The maximum absolute atomic E-state index is 12.9. The fourth-order valence-corrected chi connectivity index (χ4v) is 2.85. The largest absolute Gasteiger partial charge is 0.455 e. The number of primary amides is 1. The molecule has 172 valence electrons. The molecule has 0 bridgehead atoms. The fourth-order valence-electron chi connectivity index (χ4n) is 2.85. The zero-order valence-electron chi connectivity index (χ0n) is 18.4. The van der Waals surface area contributed by atoms with Crippen LogP contribution in [0.4, 0.5) is 10.5 Å². The summed E-state index contributed by atoms with van der Waals surface area (Å²) in [6.07, 6.45) is 5.91. The summed E-state index contributed by atoms with van der Waals surface area (Å²) < 4.78 is 10.4. The summed E-state index contributed by atoms with van der Waals surface area (Å²) >= 11 is 0. The van der Waals surface area contributed by atoms with Gasteiger partial charge in [0.15, 0.2) is 0 Å². The van der Waals surface area contributed by atoms with E-state index in [-0.39, 0.29) is 12.8 Å². The lowest BCUT2D eigenvalue weighted by Crippen LogP contribution is -2.46. The van der Waals surface area contributed by atoms with Crippen LogP contribution in [0, 0.1) is 0 Å². The summed E-state index contributed by atoms with van der Waals surface area (Å²) in [5, 5.41) is 5.26. The van der Waals surface area contributed by atoms with Crippen molar-refractivity contribution < 1.29 is 28.7 Å². The number of cyclic esters (lactones) is 1. The molecule has 0 saturated carbocycles. The van der Waals surface area contributed by atoms with E-state index in [0.29, 0.717) is 17.7 Å². The van der Waals surface area contributed by atoms with E-state index in [1.807, 2.05) is 0 Å². The van der Waals surface area contributed by atoms with E-state index in [9.17, 15) is 19.2 Å². The Hall–Kier alpha value is -3.62. The third-order valence-electron chi connectivity index (χ3n) is 4.29. The van der Waals surface area contributed by atoms with Crippen molar-refractivity contribution in [1.82, 2.24) is 5.32 Å². The first-order chi connectivity index (χ1) is 15.0. The van der Waals surface area contributed by atoms with E-state index >= 15 is 0 Å². The Morgan fingerprint density at radius 2 is 2.00 bits per heavy atom. The summed E-state index contributed by atoms with van der Waals surface area (Å²) in [7, 11) is 0. The molecule has 1 aliphatic rings. The van der Waals surface area contributed by atoms with Crippen molar-refractivity contribution in [1.29, 1.82) is 0 Å². The van der Waals surface area contributed by atoms with Crippen LogP contribution in [-0.4, -0.2) is 41.6 Å². The van der Waals surface area contributed by atoms with E-state index in [4.69, 9.17) is 15.2 Å². The highest BCUT2D eigenvalue weighted by Gasteiger charge is 2.25. The number of anilines is 1. The van der Waals surface area contributed by atoms with Gasteiger partial charge in [0, 0.05) is 24.6 Å². The van der Waals surface area contributed by atoms with Crippen molar-refractivity contribution in [2.24, 2.45) is 5.73 Å². The number of rotatable bonds is 8. The third kappa shape index (κ3) is 8.63. The van der Waals surface area contributed by atoms with Crippen LogP contribution in [0.3, 0.4) is 0 Å². The number of benzene rings is 1. The molecule has 4 N–H and O–H groups in total. The monoisotopic (exact) mass is 443 g/mol. The van der Waals surface area contributed by atoms with Gasteiger partial charge in [-0.2, -0.15) is 0 Å². The maximum atomic E-state index is 12.9. The van der Waals surface area contributed by atoms with E-state index in [0.717, 1.165) is 0 Å². The molecule has 3 amide bonds. The lowest BCUT2D eigenvalue weighted by molar-refractivity contribution is -0.141. The van der Waals surface area contributed by atoms with Gasteiger partial charge < -0.3 is 25.8 Å². The van der Waals surface area contributed by atoms with E-state index in [2.05, 4.69) is 10.6 Å². The lowest BCUT2D eigenvalue weighted by Gasteiger charge is -2.23. The van der Waals surface area contributed by atoms with Gasteiger partial charge >= 0.3 is 12.1 Å². The van der Waals surface area contributed by atoms with Crippen LogP contribution in [-0.2, 0) is 23.9 Å². The SMILES string of the molecule is CC(C)(C)OC(=O)N[C@@H](CCC(N)=O)C(=O)Nc1ccccc1/C=C/[C@H]1CC=CC(=O)O1. The van der Waals surface area contributed by atoms with Gasteiger partial charge in [0.25, 0.3) is 0 Å². The number of para-hydroxylation sites is 1. The fraction of sp³-hybridized carbons (Fsp3) is 0.391. The highest BCUT2D eigenvalue weighted by molar-refractivity contribution is 5.98. The second-order valence-electron chi connectivity index (χ2n) is 8.25. The molecule has 0 unspecified atom stereocenters. The van der Waals surface area contributed by atoms with Crippen molar-refractivity contribution in [2.75, 3.05) is 5.32 Å². The highest BCUT2D eigenvalue weighted by Crippen LogP contribution is 2.19. The standard InChI is InChI=1S/C23H29N3O6/c1-23(2,3)32-22(30)26-18(13-14-19(24)27)21(29)25-17-9-5-4-7-15(17)11-12-16-8-6-10-20(28)31-16/h4-7,9-12,16,18H,8,13-14H2,1-3H3,(H2,24,27)(H,25,29)(H,26,30)/b12-11+/t16-,18+/m1/s1. The zero-order chi connectivity index (χ0) is 23.7. The molecular weight excluding hydrogens is 414 g/mol. The van der Waals surface area contributed by atoms with E-state index in [1.165, 1.54) is 6.08 Å². The van der Waals surface area contributed by atoms with Crippen LogP contribution in [0.1, 0.15) is 45.6 Å². The lowest BCUT2D eigenvalue weighted by atomic mass is 10.1. The average Bonchev–Trinajstić information content (AvgIpc) is 2.69. The molecule has 2 rings (SSSR count). The third-order valence-corrected chi connectivity index (χ3v) is 4.29. The minimum Gasteiger partial charge on any atom is -0.455 e. The number of esters is 1. The maximum Gasteiger partial charge on any atom is 0.408 e. The van der Waals surface area contributed by atoms with Crippen molar-refractivity contribution in [2.45, 2.75) is 57.8 Å². The Morgan fingerprint density at radius 1 is 1.28 bits per heavy atom. The molecule has 9 nitrogen and oxygen atoms in total. The Kier molecular flexibility index (Phi) is 8.57. The Labute approximate surface area is 187 Å². The first-order valence-electron chi connectivity index (χ1n) is 10.3. The normalized spacial score (nSPS) is 16.8. The van der Waals surface area contributed by atoms with Gasteiger partial charge in [-0.15, -0.1) is 0 Å². The van der Waals surface area contributed by atoms with Gasteiger partial charge in [0.2, 0.25) is 11.8 Å². The minimum absolute atomic E-state index is 0.0166. The molecule has 9 heteroatoms. The van der Waals surface area contributed by atoms with Crippen LogP contribution in [0.25, 0.3) is 6.08 Å². The smallest absolute Gasteiger partial charge is 0.408 e. The molecule has 2 atom stereocenters. The van der Waals surface area contributed by atoms with Crippen LogP contribution in [0.2, 0.25) is 0 Å². The highest BCUT2D eigenvalue weighted by atomic mass is 16.6. The Balaban J connectivity index is 2.12. The first-order valence-corrected chi connectivity index (χ1v) is 10.3. The molecule has 1 aromatic carbocycles. The summed E-state index contributed by atoms with van der Waals surface area (Å²) in [5.41, 5.74) is 5.63. The molecule has 0 spiro atoms. The number of ether oxygens (including phenoxy) is 2. The van der Waals surface area contributed by atoms with Crippen molar-refractivity contribution in [3.63, 3.8) is 0 Å². The van der Waals surface area contributed by atoms with Crippen LogP contribution in [0.15, 0.2) is 42.5 Å². The predicted molar refractivity (Wildman–Crippen MR) is 119 cm³/mol. The number of nitrogens with one attached hydrogen (secondary N) is 2. The summed E-state index contributed by atoms with van der Waals surface area (Å²) in [5.74, 6) is -1.52. The number of hydrogen-bond donors (Lipinski definition) is 3. The second-order valence-corrected chi connectivity index (χ2v) is 8.25. The van der Waals surface area contributed by atoms with Gasteiger partial charge in [0.05, 0.1) is 0 Å². The molecule has 0 fully saturated rings. The number of amides is 3. The van der Waals surface area contributed by atoms with Crippen molar-refractivity contribution in [3.8, 4) is 0 Å². The number of carbonyl (C=O) groups is 4. The molecular formula is C23H29N3O6. The summed E-state index contributed by atoms with van der Waals surface area (Å²) in [6.45, 7) is 5.10. The zero-order valence-corrected chi connectivity index (χ0v) is 18.4. The molecule has 1 heterocycles. The summed E-state index contributed by atoms with van der Waals surface area (Å²) in [6, 6.07) is 6.00. The Morgan fingerprint density at radius 3 is 2.66 bits per heavy atom. The molecule has 1 aliphatic heterocycles. The minimum atomic E-state index is -1.03. The molecule has 0 aliphatic carbocycles. The molecule has 32 heavy (non-hydrogen) atoms. The van der Waals surface area contributed by atoms with Crippen LogP contribution < -0.4 is 16.4 Å². The molecule has 0 saturated heterocycles. The number of carbonyl (C=O) groups excluding carboxylic acids is 4. The first kappa shape index (κ1) is 24.6. The van der Waals surface area contributed by atoms with Crippen molar-refractivity contribution in [3.05, 3.63) is 48.1 Å². The van der Waals surface area contributed by atoms with E-state index < -0.39 is 41.6 Å². The van der Waals surface area contributed by atoms with Gasteiger partial charge in [-0.3, -0.25) is 9.59 Å². The average molecular weight is 444 g/mol. The predicted octanol–water partition coefficient (Wildman–Crippen LogP) is 2.67. The van der Waals surface area contributed by atoms with Gasteiger partial charge in [0.1, 0.15) is 17.7 Å². The topological polar surface area (TPSA) is 137 Å². The quantitative estimate of drug-likeness (QED) is 0.528. The van der Waals surface area contributed by atoms with Crippen LogP contribution in [0.5, 0.6) is 0 Å². The number of hydrogen-bond acceptors (Lipinski definition) is 6. The second kappa shape index (κ2) is 11.1. The van der Waals surface area contributed by atoms with E-state index in [1.54, 1.807) is 63.3 Å². The molecule has 0 aromatic heterocycles. The van der Waals surface area contributed by atoms with Gasteiger partial charge in [-0.05, 0) is 44.9 Å².